The summed E-state index contributed by atoms with van der Waals surface area (Å²) in [5, 5.41) is 0. The van der Waals surface area contributed by atoms with Gasteiger partial charge in [-0.15, -0.1) is 0 Å². The number of hydrogen-bond donors (Lipinski definition) is 0. The van der Waals surface area contributed by atoms with E-state index < -0.39 is 10.4 Å². The van der Waals surface area contributed by atoms with E-state index in [0.717, 1.165) is 8.97 Å². The Bertz CT molecular complexity index is 892. The van der Waals surface area contributed by atoms with Crippen LogP contribution < -0.4 is 0 Å². The summed E-state index contributed by atoms with van der Waals surface area (Å²) in [6, 6.07) is 0. The van der Waals surface area contributed by atoms with Crippen LogP contribution in [0.1, 0.15) is 322 Å². The van der Waals surface area contributed by atoms with Crippen LogP contribution in [0.3, 0.4) is 0 Å². The van der Waals surface area contributed by atoms with E-state index in [1.165, 1.54) is 321 Å². The van der Waals surface area contributed by atoms with Gasteiger partial charge in [0, 0.05) is 10.4 Å². The highest BCUT2D eigenvalue weighted by atomic mass is 32.3. The van der Waals surface area contributed by atoms with Crippen LogP contribution in [0.4, 0.5) is 0 Å². The van der Waals surface area contributed by atoms with Crippen LogP contribution in [0.5, 0.6) is 0 Å². The quantitative estimate of drug-likeness (QED) is 0.0263. The van der Waals surface area contributed by atoms with Crippen LogP contribution in [0.2, 0.25) is 0 Å². The van der Waals surface area contributed by atoms with Crippen molar-refractivity contribution in [2.75, 3.05) is 55.4 Å². The first-order valence-corrected chi connectivity index (χ1v) is 30.7. The molecule has 0 radical (unpaired) electrons. The molecule has 0 aliphatic carbocycles. The third-order valence-corrected chi connectivity index (χ3v) is 13.4. The van der Waals surface area contributed by atoms with Crippen LogP contribution in [0, 0.1) is 0 Å². The van der Waals surface area contributed by atoms with Crippen molar-refractivity contribution >= 4 is 10.4 Å². The van der Waals surface area contributed by atoms with Crippen molar-refractivity contribution in [1.29, 1.82) is 0 Å². The van der Waals surface area contributed by atoms with Gasteiger partial charge in [0.25, 0.3) is 0 Å². The van der Waals surface area contributed by atoms with Gasteiger partial charge < -0.3 is 18.1 Å². The number of hydrogen-bond acceptors (Lipinski definition) is 4. The predicted octanol–water partition coefficient (Wildman–Crippen LogP) is 18.8. The number of quaternary nitrogens is 2. The van der Waals surface area contributed by atoms with Gasteiger partial charge in [-0.25, -0.2) is 0 Å². The van der Waals surface area contributed by atoms with Crippen LogP contribution in [-0.2, 0) is 10.4 Å². The third kappa shape index (κ3) is 84.2. The molecule has 0 aliphatic rings. The van der Waals surface area contributed by atoms with E-state index in [0.29, 0.717) is 0 Å². The molecule has 0 saturated heterocycles. The Labute approximate surface area is 412 Å². The van der Waals surface area contributed by atoms with Crippen molar-refractivity contribution in [2.45, 2.75) is 322 Å². The van der Waals surface area contributed by atoms with Gasteiger partial charge in [0.15, 0.2) is 0 Å². The molecule has 0 atom stereocenters. The molecular weight excluding hydrogens is 821 g/mol. The molecule has 65 heavy (non-hydrogen) atoms. The van der Waals surface area contributed by atoms with E-state index in [2.05, 4.69) is 56.1 Å². The zero-order valence-corrected chi connectivity index (χ0v) is 47.1. The predicted molar refractivity (Wildman–Crippen MR) is 289 cm³/mol. The lowest BCUT2D eigenvalue weighted by Gasteiger charge is -2.23. The number of nitrogens with zero attached hydrogens (tertiary/aromatic N) is 2. The van der Waals surface area contributed by atoms with E-state index in [1.54, 1.807) is 0 Å². The first kappa shape index (κ1) is 69.1. The minimum Gasteiger partial charge on any atom is -0.759 e. The molecule has 0 unspecified atom stereocenters. The highest BCUT2D eigenvalue weighted by Gasteiger charge is 2.06. The highest BCUT2D eigenvalue weighted by Crippen LogP contribution is 2.18. The maximum absolute atomic E-state index is 8.52. The summed E-state index contributed by atoms with van der Waals surface area (Å²) in [6.07, 6.45) is 70.7. The summed E-state index contributed by atoms with van der Waals surface area (Å²) in [5.74, 6) is 0. The smallest absolute Gasteiger partial charge is 0.0780 e. The van der Waals surface area contributed by atoms with Gasteiger partial charge in [-0.05, 0) is 25.7 Å². The highest BCUT2D eigenvalue weighted by molar-refractivity contribution is 7.79. The summed E-state index contributed by atoms with van der Waals surface area (Å²) in [4.78, 5) is 0. The maximum Gasteiger partial charge on any atom is 0.0780 e. The average Bonchev–Trinajstić information content (AvgIpc) is 3.23. The number of unbranched alkanes of at least 4 members (excludes halogenated alkanes) is 46. The fourth-order valence-electron chi connectivity index (χ4n) is 9.10. The topological polar surface area (TPSA) is 80.3 Å². The lowest BCUT2D eigenvalue weighted by Crippen LogP contribution is -2.35. The molecule has 6 nitrogen and oxygen atoms in total. The average molecular weight is 946 g/mol. The van der Waals surface area contributed by atoms with Gasteiger partial charge in [-0.3, -0.25) is 8.42 Å². The second kappa shape index (κ2) is 54.7. The minimum atomic E-state index is -5.17. The molecule has 0 aromatic carbocycles. The van der Waals surface area contributed by atoms with Gasteiger partial charge in [0.05, 0.1) is 55.4 Å². The fourth-order valence-corrected chi connectivity index (χ4v) is 9.10. The molecule has 0 heterocycles. The molecule has 0 aliphatic heterocycles. The van der Waals surface area contributed by atoms with Crippen LogP contribution in [-0.4, -0.2) is 81.9 Å². The first-order valence-electron chi connectivity index (χ1n) is 29.4. The second-order valence-corrected chi connectivity index (χ2v) is 23.5. The van der Waals surface area contributed by atoms with Crippen molar-refractivity contribution < 1.29 is 26.5 Å². The van der Waals surface area contributed by atoms with E-state index in [9.17, 15) is 0 Å². The fraction of sp³-hybridized carbons (Fsp3) is 1.00. The summed E-state index contributed by atoms with van der Waals surface area (Å²) in [6.45, 7) is 7.27. The van der Waals surface area contributed by atoms with Gasteiger partial charge in [0.2, 0.25) is 0 Å². The molecule has 0 rings (SSSR count). The van der Waals surface area contributed by atoms with Gasteiger partial charge in [-0.2, -0.15) is 0 Å². The molecule has 0 N–H and O–H groups in total. The minimum absolute atomic E-state index is 1.12. The van der Waals surface area contributed by atoms with Gasteiger partial charge in [-0.1, -0.05) is 296 Å². The molecule has 0 aromatic rings. The summed E-state index contributed by atoms with van der Waals surface area (Å²) >= 11 is 0. The van der Waals surface area contributed by atoms with Crippen LogP contribution in [0.15, 0.2) is 0 Å². The lowest BCUT2D eigenvalue weighted by molar-refractivity contribution is -0.870. The van der Waals surface area contributed by atoms with Crippen molar-refractivity contribution in [3.05, 3.63) is 0 Å². The zero-order chi connectivity index (χ0) is 48.9. The van der Waals surface area contributed by atoms with Crippen molar-refractivity contribution in [2.24, 2.45) is 0 Å². The van der Waals surface area contributed by atoms with E-state index in [4.69, 9.17) is 17.5 Å². The van der Waals surface area contributed by atoms with E-state index >= 15 is 0 Å². The first-order chi connectivity index (χ1) is 31.1. The van der Waals surface area contributed by atoms with Crippen molar-refractivity contribution in [1.82, 2.24) is 0 Å². The molecule has 0 bridgehead atoms. The van der Waals surface area contributed by atoms with Crippen molar-refractivity contribution in [3.8, 4) is 0 Å². The monoisotopic (exact) mass is 945 g/mol. The third-order valence-electron chi connectivity index (χ3n) is 13.4. The maximum atomic E-state index is 8.52. The Morgan fingerprint density at radius 2 is 0.323 bits per heavy atom. The van der Waals surface area contributed by atoms with E-state index in [-0.39, 0.29) is 0 Å². The van der Waals surface area contributed by atoms with Gasteiger partial charge in [0.1, 0.15) is 0 Å². The van der Waals surface area contributed by atoms with Crippen molar-refractivity contribution in [3.63, 3.8) is 0 Å². The number of rotatable bonds is 50. The molecular formula is C58H124N2O4S. The molecule has 396 valence electrons. The normalized spacial score (nSPS) is 12.0. The Kier molecular flexibility index (Phi) is 58.1. The molecule has 0 spiro atoms. The standard InChI is InChI=1S/2C29H62N.H2O4S/c2*1-5-6-7-8-9-10-11-12-13-14-15-16-17-18-19-20-21-22-23-24-25-26-27-28-29-30(2,3)4;1-5(2,3)4/h2*5-29H2,1-4H3;(H2,1,2,3,4)/q2*+1;/p-2. The summed E-state index contributed by atoms with van der Waals surface area (Å²) < 4.78 is 36.3. The van der Waals surface area contributed by atoms with Crippen LogP contribution >= 0.6 is 0 Å². The van der Waals surface area contributed by atoms with E-state index in [1.807, 2.05) is 0 Å². The second-order valence-electron chi connectivity index (χ2n) is 22.7. The largest absolute Gasteiger partial charge is 0.759 e. The summed E-state index contributed by atoms with van der Waals surface area (Å²) in [5.41, 5.74) is 0. The Morgan fingerprint density at radius 3 is 0.415 bits per heavy atom. The SMILES string of the molecule is CCCCCCCCCCCCCCCCCCCCCCCCCC[N+](C)(C)C.CCCCCCCCCCCCCCCCCCCCCCCCCC[N+](C)(C)C.O=S(=O)([O-])[O-]. The Morgan fingerprint density at radius 1 is 0.231 bits per heavy atom. The zero-order valence-electron chi connectivity index (χ0n) is 46.3. The summed E-state index contributed by atoms with van der Waals surface area (Å²) in [7, 11) is 8.66. The Balaban J connectivity index is -0.00000107. The van der Waals surface area contributed by atoms with Gasteiger partial charge >= 0.3 is 0 Å². The molecule has 0 amide bonds. The molecule has 0 fully saturated rings. The molecule has 7 heteroatoms. The lowest BCUT2D eigenvalue weighted by atomic mass is 10.0. The molecule has 0 saturated carbocycles. The Hall–Kier alpha value is -0.210. The molecule has 0 aromatic heterocycles. The van der Waals surface area contributed by atoms with Crippen LogP contribution in [0.25, 0.3) is 0 Å².